The number of nitrogens with two attached hydrogens (primary N) is 1. The molecule has 0 unspecified atom stereocenters. The molecule has 0 radical (unpaired) electrons. The van der Waals surface area contributed by atoms with E-state index in [1.807, 2.05) is 0 Å². The molecule has 0 spiro atoms. The number of nitrogen functional groups attached to an aromatic ring is 1. The molecule has 0 saturated carbocycles. The van der Waals surface area contributed by atoms with Crippen LogP contribution in [0.25, 0.3) is 0 Å². The predicted octanol–water partition coefficient (Wildman–Crippen LogP) is 0.246. The van der Waals surface area contributed by atoms with Crippen LogP contribution in [-0.4, -0.2) is 38.3 Å². The van der Waals surface area contributed by atoms with Crippen molar-refractivity contribution >= 4 is 17.8 Å². The first kappa shape index (κ1) is 12.8. The number of nitrogens with zero attached hydrogens (tertiary/aromatic N) is 1. The van der Waals surface area contributed by atoms with Gasteiger partial charge >= 0.3 is 11.9 Å². The molecule has 1 aromatic heterocycles. The first-order valence-electron chi connectivity index (χ1n) is 4.56. The van der Waals surface area contributed by atoms with E-state index in [4.69, 9.17) is 10.5 Å². The van der Waals surface area contributed by atoms with Crippen LogP contribution in [0.4, 0.5) is 5.82 Å². The zero-order chi connectivity index (χ0) is 13.0. The van der Waals surface area contributed by atoms with Gasteiger partial charge in [-0.25, -0.2) is 9.59 Å². The highest BCUT2D eigenvalue weighted by Crippen LogP contribution is 2.23. The maximum absolute atomic E-state index is 11.6. The monoisotopic (exact) mass is 240 g/mol. The molecule has 2 N–H and O–H groups in total. The molecule has 0 amide bonds. The van der Waals surface area contributed by atoms with E-state index in [9.17, 15) is 9.59 Å². The summed E-state index contributed by atoms with van der Waals surface area (Å²) in [5, 5.41) is 0. The predicted molar refractivity (Wildman–Crippen MR) is 57.9 cm³/mol. The van der Waals surface area contributed by atoms with Gasteiger partial charge < -0.3 is 19.9 Å². The van der Waals surface area contributed by atoms with Crippen LogP contribution in [-0.2, 0) is 9.47 Å². The third-order valence-corrected chi connectivity index (χ3v) is 1.99. The maximum atomic E-state index is 11.6. The van der Waals surface area contributed by atoms with Gasteiger partial charge in [0.2, 0.25) is 5.88 Å². The Balaban J connectivity index is 3.49. The summed E-state index contributed by atoms with van der Waals surface area (Å²) in [7, 11) is 3.67. The normalized spacial score (nSPS) is 9.59. The Morgan fingerprint density at radius 2 is 1.76 bits per heavy atom. The van der Waals surface area contributed by atoms with Gasteiger partial charge in [0.05, 0.1) is 26.9 Å². The Morgan fingerprint density at radius 3 is 2.24 bits per heavy atom. The second kappa shape index (κ2) is 5.15. The molecule has 0 atom stereocenters. The van der Waals surface area contributed by atoms with Gasteiger partial charge in [-0.2, -0.15) is 4.98 Å². The lowest BCUT2D eigenvalue weighted by molar-refractivity contribution is 0.0551. The highest BCUT2D eigenvalue weighted by atomic mass is 16.5. The highest BCUT2D eigenvalue weighted by Gasteiger charge is 2.25. The third kappa shape index (κ3) is 2.44. The lowest BCUT2D eigenvalue weighted by Gasteiger charge is -2.10. The van der Waals surface area contributed by atoms with Gasteiger partial charge in [-0.15, -0.1) is 0 Å². The smallest absolute Gasteiger partial charge is 0.344 e. The summed E-state index contributed by atoms with van der Waals surface area (Å²) in [5.74, 6) is -1.53. The number of rotatable bonds is 3. The van der Waals surface area contributed by atoms with Gasteiger partial charge in [0, 0.05) is 0 Å². The van der Waals surface area contributed by atoms with Crippen molar-refractivity contribution in [3.8, 4) is 5.88 Å². The van der Waals surface area contributed by atoms with Crippen molar-refractivity contribution in [2.45, 2.75) is 0 Å². The number of esters is 2. The number of ether oxygens (including phenoxy) is 3. The molecule has 0 aliphatic carbocycles. The van der Waals surface area contributed by atoms with Gasteiger partial charge in [0.15, 0.2) is 0 Å². The lowest BCUT2D eigenvalue weighted by atomic mass is 10.1. The van der Waals surface area contributed by atoms with Crippen LogP contribution in [0.5, 0.6) is 5.88 Å². The molecule has 1 rings (SSSR count). The zero-order valence-corrected chi connectivity index (χ0v) is 9.64. The third-order valence-electron chi connectivity index (χ3n) is 1.99. The van der Waals surface area contributed by atoms with Crippen molar-refractivity contribution < 1.29 is 23.8 Å². The standard InChI is InChI=1S/C10H12N2O5/c1-15-8-7(10(14)17-3)5(9(13)16-2)4-6(11)12-8/h4H,1-3H3,(H2,11,12). The average molecular weight is 240 g/mol. The summed E-state index contributed by atoms with van der Waals surface area (Å²) >= 11 is 0. The minimum absolute atomic E-state index is 0.0369. The number of carbonyl (C=O) groups is 2. The van der Waals surface area contributed by atoms with Gasteiger partial charge in [-0.1, -0.05) is 0 Å². The summed E-state index contributed by atoms with van der Waals surface area (Å²) in [6, 6.07) is 1.22. The van der Waals surface area contributed by atoms with Gasteiger partial charge in [-0.3, -0.25) is 0 Å². The van der Waals surface area contributed by atoms with Crippen LogP contribution >= 0.6 is 0 Å². The van der Waals surface area contributed by atoms with Crippen LogP contribution in [0.15, 0.2) is 6.07 Å². The highest BCUT2D eigenvalue weighted by molar-refractivity contribution is 6.05. The van der Waals surface area contributed by atoms with Crippen molar-refractivity contribution in [3.63, 3.8) is 0 Å². The van der Waals surface area contributed by atoms with E-state index in [2.05, 4.69) is 14.5 Å². The van der Waals surface area contributed by atoms with E-state index >= 15 is 0 Å². The summed E-state index contributed by atoms with van der Waals surface area (Å²) < 4.78 is 14.0. The lowest BCUT2D eigenvalue weighted by Crippen LogP contribution is -2.15. The molecule has 0 aliphatic heterocycles. The largest absolute Gasteiger partial charge is 0.480 e. The fourth-order valence-electron chi connectivity index (χ4n) is 1.26. The van der Waals surface area contributed by atoms with Crippen LogP contribution in [0, 0.1) is 0 Å². The molecule has 0 aliphatic rings. The summed E-state index contributed by atoms with van der Waals surface area (Å²) in [5.41, 5.74) is 5.32. The molecule has 7 nitrogen and oxygen atoms in total. The van der Waals surface area contributed by atoms with Crippen LogP contribution in [0.1, 0.15) is 20.7 Å². The maximum Gasteiger partial charge on any atom is 0.344 e. The fraction of sp³-hybridized carbons (Fsp3) is 0.300. The second-order valence-electron chi connectivity index (χ2n) is 2.96. The fourth-order valence-corrected chi connectivity index (χ4v) is 1.26. The Labute approximate surface area is 97.5 Å². The Bertz CT molecular complexity index is 458. The van der Waals surface area contributed by atoms with E-state index in [1.54, 1.807) is 0 Å². The topological polar surface area (TPSA) is 101 Å². The Morgan fingerprint density at radius 1 is 1.18 bits per heavy atom. The van der Waals surface area contributed by atoms with Crippen molar-refractivity contribution in [2.24, 2.45) is 0 Å². The molecule has 17 heavy (non-hydrogen) atoms. The van der Waals surface area contributed by atoms with Crippen LogP contribution in [0.2, 0.25) is 0 Å². The number of aromatic nitrogens is 1. The molecule has 7 heteroatoms. The van der Waals surface area contributed by atoms with Gasteiger partial charge in [0.25, 0.3) is 0 Å². The molecular weight excluding hydrogens is 228 g/mol. The zero-order valence-electron chi connectivity index (χ0n) is 9.64. The average Bonchev–Trinajstić information content (AvgIpc) is 2.35. The minimum Gasteiger partial charge on any atom is -0.480 e. The molecule has 0 aromatic carbocycles. The van der Waals surface area contributed by atoms with E-state index in [-0.39, 0.29) is 22.8 Å². The summed E-state index contributed by atoms with van der Waals surface area (Å²) in [4.78, 5) is 26.8. The number of methoxy groups -OCH3 is 3. The quantitative estimate of drug-likeness (QED) is 0.755. The number of anilines is 1. The van der Waals surface area contributed by atoms with Crippen LogP contribution < -0.4 is 10.5 Å². The van der Waals surface area contributed by atoms with E-state index in [1.165, 1.54) is 27.4 Å². The van der Waals surface area contributed by atoms with Gasteiger partial charge in [-0.05, 0) is 6.07 Å². The molecule has 1 heterocycles. The molecule has 92 valence electrons. The van der Waals surface area contributed by atoms with Gasteiger partial charge in [0.1, 0.15) is 11.4 Å². The molecular formula is C10H12N2O5. The minimum atomic E-state index is -0.755. The van der Waals surface area contributed by atoms with E-state index in [0.29, 0.717) is 0 Å². The first-order chi connectivity index (χ1) is 8.04. The Hall–Kier alpha value is -2.31. The molecule has 0 bridgehead atoms. The van der Waals surface area contributed by atoms with Crippen molar-refractivity contribution in [1.82, 2.24) is 4.98 Å². The van der Waals surface area contributed by atoms with Crippen LogP contribution in [0.3, 0.4) is 0 Å². The first-order valence-corrected chi connectivity index (χ1v) is 4.56. The van der Waals surface area contributed by atoms with E-state index in [0.717, 1.165) is 0 Å². The SMILES string of the molecule is COC(=O)c1cc(N)nc(OC)c1C(=O)OC. The second-order valence-corrected chi connectivity index (χ2v) is 2.96. The van der Waals surface area contributed by atoms with E-state index < -0.39 is 11.9 Å². The molecule has 0 fully saturated rings. The van der Waals surface area contributed by atoms with Crippen molar-refractivity contribution in [1.29, 1.82) is 0 Å². The number of hydrogen-bond donors (Lipinski definition) is 1. The van der Waals surface area contributed by atoms with Crippen molar-refractivity contribution in [3.05, 3.63) is 17.2 Å². The number of pyridine rings is 1. The Kier molecular flexibility index (Phi) is 3.86. The summed E-state index contributed by atoms with van der Waals surface area (Å²) in [6.45, 7) is 0. The van der Waals surface area contributed by atoms with Crippen molar-refractivity contribution in [2.75, 3.05) is 27.1 Å². The summed E-state index contributed by atoms with van der Waals surface area (Å²) in [6.07, 6.45) is 0. The number of hydrogen-bond acceptors (Lipinski definition) is 7. The number of carbonyl (C=O) groups excluding carboxylic acids is 2. The molecule has 1 aromatic rings. The molecule has 0 saturated heterocycles.